The third kappa shape index (κ3) is 4.54. The van der Waals surface area contributed by atoms with E-state index in [0.717, 1.165) is 53.5 Å². The van der Waals surface area contributed by atoms with Gasteiger partial charge in [0, 0.05) is 48.8 Å². The van der Waals surface area contributed by atoms with Gasteiger partial charge < -0.3 is 9.64 Å². The third-order valence-corrected chi connectivity index (χ3v) is 6.79. The van der Waals surface area contributed by atoms with E-state index in [1.165, 1.54) is 0 Å². The van der Waals surface area contributed by atoms with Gasteiger partial charge in [-0.2, -0.15) is 0 Å². The second-order valence-corrected chi connectivity index (χ2v) is 8.73. The van der Waals surface area contributed by atoms with Gasteiger partial charge in [-0.25, -0.2) is 4.98 Å². The molecule has 1 aliphatic heterocycles. The fourth-order valence-electron chi connectivity index (χ4n) is 4.06. The second-order valence-electron chi connectivity index (χ2n) is 7.84. The van der Waals surface area contributed by atoms with Crippen LogP contribution in [0.5, 0.6) is 5.75 Å². The summed E-state index contributed by atoms with van der Waals surface area (Å²) in [4.78, 5) is 23.9. The molecule has 0 spiro atoms. The lowest BCUT2D eigenvalue weighted by Gasteiger charge is -2.32. The van der Waals surface area contributed by atoms with Gasteiger partial charge in [-0.05, 0) is 48.6 Å². The van der Waals surface area contributed by atoms with Crippen molar-refractivity contribution >= 4 is 17.2 Å². The molecule has 0 N–H and O–H groups in total. The van der Waals surface area contributed by atoms with Crippen LogP contribution in [0.3, 0.4) is 0 Å². The van der Waals surface area contributed by atoms with Crippen LogP contribution in [0.25, 0.3) is 11.3 Å². The molecular weight excluding hydrogens is 394 g/mol. The Morgan fingerprint density at radius 3 is 2.87 bits per heavy atom. The highest BCUT2D eigenvalue weighted by molar-refractivity contribution is 7.10. The van der Waals surface area contributed by atoms with Crippen molar-refractivity contribution < 1.29 is 9.53 Å². The van der Waals surface area contributed by atoms with Crippen molar-refractivity contribution in [1.82, 2.24) is 14.9 Å². The minimum atomic E-state index is 0.192. The molecule has 1 aromatic carbocycles. The van der Waals surface area contributed by atoms with Crippen LogP contribution in [0.4, 0.5) is 0 Å². The Hall–Kier alpha value is -2.73. The highest BCUT2D eigenvalue weighted by Gasteiger charge is 2.28. The van der Waals surface area contributed by atoms with Gasteiger partial charge in [-0.1, -0.05) is 19.1 Å². The summed E-state index contributed by atoms with van der Waals surface area (Å²) in [5, 5.41) is 3.20. The average Bonchev–Trinajstić information content (AvgIpc) is 3.30. The van der Waals surface area contributed by atoms with Gasteiger partial charge in [0.15, 0.2) is 0 Å². The molecule has 0 bridgehead atoms. The van der Waals surface area contributed by atoms with E-state index >= 15 is 0 Å². The van der Waals surface area contributed by atoms with Crippen molar-refractivity contribution in [3.63, 3.8) is 0 Å². The summed E-state index contributed by atoms with van der Waals surface area (Å²) in [6, 6.07) is 11.9. The normalized spacial score (nSPS) is 17.5. The molecule has 1 fully saturated rings. The van der Waals surface area contributed by atoms with Crippen LogP contribution in [0, 0.1) is 0 Å². The van der Waals surface area contributed by atoms with Crippen molar-refractivity contribution in [2.24, 2.45) is 0 Å². The molecule has 0 radical (unpaired) electrons. The number of likely N-dealkylation sites (tertiary alicyclic amines) is 1. The molecule has 3 aromatic rings. The quantitative estimate of drug-likeness (QED) is 0.555. The standard InChI is InChI=1S/C24H27N3O2S/c1-17(18-9-11-25-12-10-18)14-23(28)27-13-5-6-19(15-27)24-26-21(16-30-24)20-7-3-4-8-22(20)29-2/h3-4,7-12,16-17,19H,5-6,13-15H2,1-2H3. The smallest absolute Gasteiger partial charge is 0.223 e. The van der Waals surface area contributed by atoms with Crippen LogP contribution in [-0.4, -0.2) is 41.0 Å². The molecule has 1 aliphatic rings. The predicted octanol–water partition coefficient (Wildman–Crippen LogP) is 5.11. The number of para-hydroxylation sites is 1. The Morgan fingerprint density at radius 1 is 1.27 bits per heavy atom. The zero-order valence-corrected chi connectivity index (χ0v) is 18.3. The Bertz CT molecular complexity index is 989. The molecule has 156 valence electrons. The van der Waals surface area contributed by atoms with Crippen LogP contribution in [-0.2, 0) is 4.79 Å². The topological polar surface area (TPSA) is 55.3 Å². The van der Waals surface area contributed by atoms with Crippen LogP contribution in [0.1, 0.15) is 48.6 Å². The number of rotatable bonds is 6. The summed E-state index contributed by atoms with van der Waals surface area (Å²) < 4.78 is 5.48. The zero-order chi connectivity index (χ0) is 20.9. The highest BCUT2D eigenvalue weighted by atomic mass is 32.1. The number of methoxy groups -OCH3 is 1. The maximum absolute atomic E-state index is 12.9. The van der Waals surface area contributed by atoms with Crippen LogP contribution in [0.15, 0.2) is 54.2 Å². The molecule has 6 heteroatoms. The number of carbonyl (C=O) groups excluding carboxylic acids is 1. The first-order valence-corrected chi connectivity index (χ1v) is 11.3. The van der Waals surface area contributed by atoms with Crippen LogP contribution in [0.2, 0.25) is 0 Å². The lowest BCUT2D eigenvalue weighted by atomic mass is 9.95. The minimum Gasteiger partial charge on any atom is -0.496 e. The Morgan fingerprint density at radius 2 is 2.07 bits per heavy atom. The first-order chi connectivity index (χ1) is 14.7. The van der Waals surface area contributed by atoms with Gasteiger partial charge in [-0.3, -0.25) is 9.78 Å². The van der Waals surface area contributed by atoms with Gasteiger partial charge in [0.2, 0.25) is 5.91 Å². The van der Waals surface area contributed by atoms with Crippen LogP contribution < -0.4 is 4.74 Å². The molecule has 2 aromatic heterocycles. The van der Waals surface area contributed by atoms with Gasteiger partial charge in [-0.15, -0.1) is 11.3 Å². The predicted molar refractivity (Wildman–Crippen MR) is 120 cm³/mol. The van der Waals surface area contributed by atoms with Gasteiger partial charge in [0.25, 0.3) is 0 Å². The molecule has 2 atom stereocenters. The SMILES string of the molecule is COc1ccccc1-c1csc(C2CCCN(C(=O)CC(C)c3ccncc3)C2)n1. The molecule has 1 saturated heterocycles. The summed E-state index contributed by atoms with van der Waals surface area (Å²) in [6.45, 7) is 3.69. The second kappa shape index (κ2) is 9.39. The summed E-state index contributed by atoms with van der Waals surface area (Å²) in [7, 11) is 1.68. The van der Waals surface area contributed by atoms with Crippen molar-refractivity contribution in [1.29, 1.82) is 0 Å². The van der Waals surface area contributed by atoms with Crippen molar-refractivity contribution in [3.05, 3.63) is 64.7 Å². The number of pyridine rings is 1. The fraction of sp³-hybridized carbons (Fsp3) is 0.375. The van der Waals surface area contributed by atoms with E-state index < -0.39 is 0 Å². The lowest BCUT2D eigenvalue weighted by molar-refractivity contribution is -0.132. The molecule has 1 amide bonds. The number of amides is 1. The number of carbonyl (C=O) groups is 1. The lowest BCUT2D eigenvalue weighted by Crippen LogP contribution is -2.39. The van der Waals surface area contributed by atoms with Gasteiger partial charge in [0.05, 0.1) is 17.8 Å². The number of nitrogens with zero attached hydrogens (tertiary/aromatic N) is 3. The molecule has 30 heavy (non-hydrogen) atoms. The highest BCUT2D eigenvalue weighted by Crippen LogP contribution is 2.35. The van der Waals surface area contributed by atoms with Crippen molar-refractivity contribution in [2.45, 2.75) is 38.0 Å². The monoisotopic (exact) mass is 421 g/mol. The molecule has 0 saturated carbocycles. The number of hydrogen-bond donors (Lipinski definition) is 0. The largest absolute Gasteiger partial charge is 0.496 e. The minimum absolute atomic E-state index is 0.192. The van der Waals surface area contributed by atoms with E-state index in [9.17, 15) is 4.79 Å². The summed E-state index contributed by atoms with van der Waals surface area (Å²) in [5.41, 5.74) is 3.12. The number of aromatic nitrogens is 2. The molecule has 3 heterocycles. The first-order valence-electron chi connectivity index (χ1n) is 10.4. The first kappa shape index (κ1) is 20.5. The summed E-state index contributed by atoms with van der Waals surface area (Å²) in [5.74, 6) is 1.55. The van der Waals surface area contributed by atoms with E-state index in [1.54, 1.807) is 30.8 Å². The molecular formula is C24H27N3O2S. The number of thiazole rings is 1. The molecule has 5 nitrogen and oxygen atoms in total. The van der Waals surface area contributed by atoms with E-state index in [0.29, 0.717) is 12.3 Å². The van der Waals surface area contributed by atoms with Gasteiger partial charge in [0.1, 0.15) is 5.75 Å². The fourth-order valence-corrected chi connectivity index (χ4v) is 5.01. The zero-order valence-electron chi connectivity index (χ0n) is 17.5. The Labute approximate surface area is 181 Å². The molecule has 4 rings (SSSR count). The third-order valence-electron chi connectivity index (χ3n) is 5.78. The average molecular weight is 422 g/mol. The number of benzene rings is 1. The number of hydrogen-bond acceptors (Lipinski definition) is 5. The van der Waals surface area contributed by atoms with Gasteiger partial charge >= 0.3 is 0 Å². The molecule has 0 aliphatic carbocycles. The number of piperidine rings is 1. The number of ether oxygens (including phenoxy) is 1. The summed E-state index contributed by atoms with van der Waals surface area (Å²) >= 11 is 1.68. The van der Waals surface area contributed by atoms with Crippen LogP contribution >= 0.6 is 11.3 Å². The maximum Gasteiger partial charge on any atom is 0.223 e. The Kier molecular flexibility index (Phi) is 6.43. The maximum atomic E-state index is 12.9. The van der Waals surface area contributed by atoms with Crippen molar-refractivity contribution in [3.8, 4) is 17.0 Å². The van der Waals surface area contributed by atoms with E-state index in [1.807, 2.05) is 41.3 Å². The summed E-state index contributed by atoms with van der Waals surface area (Å²) in [6.07, 6.45) is 6.19. The van der Waals surface area contributed by atoms with E-state index in [2.05, 4.69) is 17.3 Å². The Balaban J connectivity index is 1.43. The van der Waals surface area contributed by atoms with Crippen molar-refractivity contribution in [2.75, 3.05) is 20.2 Å². The van der Waals surface area contributed by atoms with E-state index in [4.69, 9.17) is 9.72 Å². The van der Waals surface area contributed by atoms with E-state index in [-0.39, 0.29) is 11.8 Å². The molecule has 2 unspecified atom stereocenters.